The van der Waals surface area contributed by atoms with E-state index in [9.17, 15) is 19.5 Å². The van der Waals surface area contributed by atoms with E-state index < -0.39 is 23.4 Å². The zero-order valence-corrected chi connectivity index (χ0v) is 20.4. The summed E-state index contributed by atoms with van der Waals surface area (Å²) in [4.78, 5) is 37.3. The maximum Gasteiger partial charge on any atom is 0.407 e. The van der Waals surface area contributed by atoms with Gasteiger partial charge in [-0.2, -0.15) is 0 Å². The summed E-state index contributed by atoms with van der Waals surface area (Å²) in [5.74, 6) is -1.71. The van der Waals surface area contributed by atoms with Gasteiger partial charge in [-0.05, 0) is 48.4 Å². The molecule has 1 saturated carbocycles. The van der Waals surface area contributed by atoms with Crippen LogP contribution in [0.3, 0.4) is 0 Å². The summed E-state index contributed by atoms with van der Waals surface area (Å²) in [5, 5.41) is 15.2. The standard InChI is InChI=1S/C28H34N2O5/c1-3-28(2,26(33)30-24-15-9-8-14-22(24)25(31)32)17-29-27(34)35-16-23-20-12-6-4-10-18(20)19-11-5-7-13-21(19)23/h4-7,10-13,22-24H,3,8-9,14-17H2,1-2H3,(H,29,34)(H,30,33)(H,31,32)/t22-,24+,28?/m0/s1. The maximum absolute atomic E-state index is 13.1. The molecule has 7 heteroatoms. The lowest BCUT2D eigenvalue weighted by Gasteiger charge is -2.34. The second kappa shape index (κ2) is 10.5. The second-order valence-electron chi connectivity index (χ2n) is 9.90. The van der Waals surface area contributed by atoms with Crippen molar-refractivity contribution in [3.8, 4) is 11.1 Å². The quantitative estimate of drug-likeness (QED) is 0.510. The lowest BCUT2D eigenvalue weighted by atomic mass is 9.82. The number of amides is 2. The van der Waals surface area contributed by atoms with Gasteiger partial charge in [-0.25, -0.2) is 4.79 Å². The number of alkyl carbamates (subject to hydrolysis) is 1. The molecule has 2 aliphatic carbocycles. The number of rotatable bonds is 8. The number of carbonyl (C=O) groups excluding carboxylic acids is 2. The van der Waals surface area contributed by atoms with Crippen LogP contribution in [-0.2, 0) is 14.3 Å². The number of nitrogens with one attached hydrogen (secondary N) is 2. The summed E-state index contributed by atoms with van der Waals surface area (Å²) < 4.78 is 5.60. The molecule has 2 amide bonds. The monoisotopic (exact) mass is 478 g/mol. The van der Waals surface area contributed by atoms with Gasteiger partial charge < -0.3 is 20.5 Å². The van der Waals surface area contributed by atoms with E-state index >= 15 is 0 Å². The van der Waals surface area contributed by atoms with Crippen molar-refractivity contribution >= 4 is 18.0 Å². The maximum atomic E-state index is 13.1. The summed E-state index contributed by atoms with van der Waals surface area (Å²) in [7, 11) is 0. The predicted molar refractivity (Wildman–Crippen MR) is 133 cm³/mol. The van der Waals surface area contributed by atoms with Crippen LogP contribution in [0.4, 0.5) is 4.79 Å². The zero-order valence-electron chi connectivity index (χ0n) is 20.4. The van der Waals surface area contributed by atoms with Crippen LogP contribution in [0.1, 0.15) is 63.0 Å². The summed E-state index contributed by atoms with van der Waals surface area (Å²) in [6.07, 6.45) is 2.91. The predicted octanol–water partition coefficient (Wildman–Crippen LogP) is 4.70. The minimum atomic E-state index is -0.870. The van der Waals surface area contributed by atoms with Crippen LogP contribution in [-0.4, -0.2) is 42.3 Å². The minimum Gasteiger partial charge on any atom is -0.481 e. The third-order valence-corrected chi connectivity index (χ3v) is 7.69. The Morgan fingerprint density at radius 3 is 2.20 bits per heavy atom. The zero-order chi connectivity index (χ0) is 25.0. The van der Waals surface area contributed by atoms with Crippen molar-refractivity contribution in [3.63, 3.8) is 0 Å². The van der Waals surface area contributed by atoms with Crippen LogP contribution in [0.2, 0.25) is 0 Å². The molecule has 0 aromatic heterocycles. The van der Waals surface area contributed by atoms with Crippen molar-refractivity contribution in [2.24, 2.45) is 11.3 Å². The molecule has 1 unspecified atom stereocenters. The van der Waals surface area contributed by atoms with Gasteiger partial charge >= 0.3 is 12.1 Å². The number of carbonyl (C=O) groups is 3. The lowest BCUT2D eigenvalue weighted by molar-refractivity contribution is -0.144. The smallest absolute Gasteiger partial charge is 0.407 e. The van der Waals surface area contributed by atoms with Gasteiger partial charge in [0.05, 0.1) is 11.3 Å². The van der Waals surface area contributed by atoms with Crippen LogP contribution < -0.4 is 10.6 Å². The van der Waals surface area contributed by atoms with Gasteiger partial charge in [-0.3, -0.25) is 9.59 Å². The summed E-state index contributed by atoms with van der Waals surface area (Å²) in [6, 6.07) is 15.9. The largest absolute Gasteiger partial charge is 0.481 e. The number of carboxylic acid groups (broad SMARTS) is 1. The highest BCUT2D eigenvalue weighted by molar-refractivity contribution is 5.84. The van der Waals surface area contributed by atoms with Crippen LogP contribution in [0.15, 0.2) is 48.5 Å². The molecule has 2 aromatic rings. The molecule has 186 valence electrons. The number of aliphatic carboxylic acids is 1. The number of hydrogen-bond acceptors (Lipinski definition) is 4. The van der Waals surface area contributed by atoms with Gasteiger partial charge in [0.15, 0.2) is 0 Å². The molecule has 4 rings (SSSR count). The van der Waals surface area contributed by atoms with Gasteiger partial charge in [0.25, 0.3) is 0 Å². The number of ether oxygens (including phenoxy) is 1. The Hall–Kier alpha value is -3.35. The van der Waals surface area contributed by atoms with Crippen molar-refractivity contribution in [3.05, 3.63) is 59.7 Å². The fourth-order valence-electron chi connectivity index (χ4n) is 5.22. The molecule has 0 spiro atoms. The highest BCUT2D eigenvalue weighted by Gasteiger charge is 2.38. The van der Waals surface area contributed by atoms with E-state index in [4.69, 9.17) is 4.74 Å². The van der Waals surface area contributed by atoms with Crippen LogP contribution in [0.5, 0.6) is 0 Å². The first kappa shape index (κ1) is 24.8. The van der Waals surface area contributed by atoms with Crippen LogP contribution >= 0.6 is 0 Å². The molecule has 2 aliphatic rings. The Labute approximate surface area is 206 Å². The van der Waals surface area contributed by atoms with Gasteiger partial charge in [0.1, 0.15) is 6.61 Å². The third-order valence-electron chi connectivity index (χ3n) is 7.69. The molecule has 0 saturated heterocycles. The van der Waals surface area contributed by atoms with E-state index in [1.807, 2.05) is 31.2 Å². The van der Waals surface area contributed by atoms with Crippen LogP contribution in [0.25, 0.3) is 11.1 Å². The van der Waals surface area contributed by atoms with Crippen molar-refractivity contribution in [1.82, 2.24) is 10.6 Å². The molecule has 35 heavy (non-hydrogen) atoms. The van der Waals surface area contributed by atoms with Crippen molar-refractivity contribution < 1.29 is 24.2 Å². The topological polar surface area (TPSA) is 105 Å². The van der Waals surface area contributed by atoms with Crippen molar-refractivity contribution in [1.29, 1.82) is 0 Å². The molecule has 0 bridgehead atoms. The normalized spacial score (nSPS) is 20.7. The van der Waals surface area contributed by atoms with Crippen LogP contribution in [0, 0.1) is 11.3 Å². The average molecular weight is 479 g/mol. The molecule has 0 radical (unpaired) electrons. The molecule has 0 aliphatic heterocycles. The molecule has 3 atom stereocenters. The number of hydrogen-bond donors (Lipinski definition) is 3. The molecule has 1 fully saturated rings. The Morgan fingerprint density at radius 2 is 1.60 bits per heavy atom. The Morgan fingerprint density at radius 1 is 1.00 bits per heavy atom. The Kier molecular flexibility index (Phi) is 7.43. The van der Waals surface area contributed by atoms with E-state index in [-0.39, 0.29) is 31.0 Å². The first-order chi connectivity index (χ1) is 16.8. The Bertz CT molecular complexity index is 1050. The van der Waals surface area contributed by atoms with E-state index in [1.54, 1.807) is 6.92 Å². The number of carboxylic acids is 1. The highest BCUT2D eigenvalue weighted by Crippen LogP contribution is 2.44. The first-order valence-corrected chi connectivity index (χ1v) is 12.5. The Balaban J connectivity index is 1.34. The number of fused-ring (bicyclic) bond motifs is 3. The molecule has 0 heterocycles. The number of benzene rings is 2. The lowest BCUT2D eigenvalue weighted by Crippen LogP contribution is -2.52. The minimum absolute atomic E-state index is 0.0340. The highest BCUT2D eigenvalue weighted by atomic mass is 16.5. The SMILES string of the molecule is CCC(C)(CNC(=O)OCC1c2ccccc2-c2ccccc21)C(=O)N[C@@H]1CCCC[C@@H]1C(=O)O. The molecule has 2 aromatic carbocycles. The van der Waals surface area contributed by atoms with Gasteiger partial charge in [-0.15, -0.1) is 0 Å². The fraction of sp³-hybridized carbons (Fsp3) is 0.464. The van der Waals surface area contributed by atoms with Crippen molar-refractivity contribution in [2.75, 3.05) is 13.2 Å². The van der Waals surface area contributed by atoms with E-state index in [1.165, 1.54) is 0 Å². The third kappa shape index (κ3) is 5.19. The molecule has 3 N–H and O–H groups in total. The second-order valence-corrected chi connectivity index (χ2v) is 9.90. The van der Waals surface area contributed by atoms with E-state index in [0.29, 0.717) is 19.3 Å². The van der Waals surface area contributed by atoms with Gasteiger partial charge in [0, 0.05) is 18.5 Å². The molecular weight excluding hydrogens is 444 g/mol. The first-order valence-electron chi connectivity index (χ1n) is 12.5. The van der Waals surface area contributed by atoms with Gasteiger partial charge in [-0.1, -0.05) is 68.3 Å². The summed E-state index contributed by atoms with van der Waals surface area (Å²) in [5.41, 5.74) is 3.73. The fourth-order valence-corrected chi connectivity index (χ4v) is 5.22. The average Bonchev–Trinajstić information content (AvgIpc) is 3.20. The van der Waals surface area contributed by atoms with E-state index in [2.05, 4.69) is 34.9 Å². The van der Waals surface area contributed by atoms with Gasteiger partial charge in [0.2, 0.25) is 5.91 Å². The van der Waals surface area contributed by atoms with E-state index in [0.717, 1.165) is 35.1 Å². The van der Waals surface area contributed by atoms with Crippen molar-refractivity contribution in [2.45, 2.75) is 57.9 Å². The summed E-state index contributed by atoms with van der Waals surface area (Å²) >= 11 is 0. The molecule has 7 nitrogen and oxygen atoms in total. The summed E-state index contributed by atoms with van der Waals surface area (Å²) in [6.45, 7) is 3.98. The molecular formula is C28H34N2O5.